The van der Waals surface area contributed by atoms with Crippen LogP contribution in [0.2, 0.25) is 0 Å². The fourth-order valence-corrected chi connectivity index (χ4v) is 5.56. The fourth-order valence-electron chi connectivity index (χ4n) is 5.56. The Morgan fingerprint density at radius 1 is 0.714 bits per heavy atom. The van der Waals surface area contributed by atoms with Gasteiger partial charge in [-0.1, -0.05) is 69.6 Å². The minimum absolute atomic E-state index is 0.124. The summed E-state index contributed by atoms with van der Waals surface area (Å²) in [6, 6.07) is 7.19. The second kappa shape index (κ2) is 11.7. The van der Waals surface area contributed by atoms with Gasteiger partial charge in [-0.05, 0) is 79.9 Å². The molecular weight excluding hydrogens is 350 g/mol. The van der Waals surface area contributed by atoms with E-state index < -0.39 is 0 Å². The van der Waals surface area contributed by atoms with Crippen molar-refractivity contribution >= 4 is 0 Å². The summed E-state index contributed by atoms with van der Waals surface area (Å²) in [6.45, 7) is 0. The third kappa shape index (κ3) is 7.01. The van der Waals surface area contributed by atoms with Gasteiger partial charge in [0.25, 0.3) is 0 Å². The Balaban J connectivity index is 1.26. The predicted octanol–water partition coefficient (Wildman–Crippen LogP) is 8.73. The van der Waals surface area contributed by atoms with Crippen molar-refractivity contribution in [2.75, 3.05) is 0 Å². The van der Waals surface area contributed by atoms with E-state index in [1.165, 1.54) is 82.6 Å². The first kappa shape index (κ1) is 21.5. The maximum atomic E-state index is 13.1. The maximum Gasteiger partial charge on any atom is 0.123 e. The summed E-state index contributed by atoms with van der Waals surface area (Å²) >= 11 is 0. The van der Waals surface area contributed by atoms with Crippen LogP contribution in [-0.2, 0) is 0 Å². The molecular formula is C26H38F2. The third-order valence-corrected chi connectivity index (χ3v) is 7.46. The van der Waals surface area contributed by atoms with Gasteiger partial charge in [0.05, 0.1) is 6.33 Å². The summed E-state index contributed by atoms with van der Waals surface area (Å²) in [7, 11) is 0. The van der Waals surface area contributed by atoms with Crippen molar-refractivity contribution in [2.45, 2.75) is 95.8 Å². The average Bonchev–Trinajstić information content (AvgIpc) is 2.74. The van der Waals surface area contributed by atoms with E-state index in [-0.39, 0.29) is 5.82 Å². The molecule has 2 saturated carbocycles. The second-order valence-electron chi connectivity index (χ2n) is 9.38. The van der Waals surface area contributed by atoms with Crippen molar-refractivity contribution < 1.29 is 8.78 Å². The molecule has 0 N–H and O–H groups in total. The highest BCUT2D eigenvalue weighted by atomic mass is 19.1. The predicted molar refractivity (Wildman–Crippen MR) is 114 cm³/mol. The molecule has 0 heterocycles. The molecule has 0 nitrogen and oxygen atoms in total. The van der Waals surface area contributed by atoms with Crippen molar-refractivity contribution in [1.29, 1.82) is 0 Å². The lowest BCUT2D eigenvalue weighted by Crippen LogP contribution is -2.17. The van der Waals surface area contributed by atoms with Crippen LogP contribution in [0.4, 0.5) is 8.78 Å². The van der Waals surface area contributed by atoms with Gasteiger partial charge in [-0.25, -0.2) is 8.78 Å². The van der Waals surface area contributed by atoms with Gasteiger partial charge in [-0.2, -0.15) is 0 Å². The minimum Gasteiger partial charge on any atom is -0.216 e. The Kier molecular flexibility index (Phi) is 9.02. The first-order valence-corrected chi connectivity index (χ1v) is 11.7. The molecule has 0 amide bonds. The minimum atomic E-state index is -0.124. The number of allylic oxidation sites excluding steroid dienone is 1. The summed E-state index contributed by atoms with van der Waals surface area (Å²) in [4.78, 5) is 0. The van der Waals surface area contributed by atoms with Crippen LogP contribution in [0.5, 0.6) is 0 Å². The molecule has 28 heavy (non-hydrogen) atoms. The number of benzene rings is 1. The summed E-state index contributed by atoms with van der Waals surface area (Å²) in [5, 5.41) is 0. The lowest BCUT2D eigenvalue weighted by molar-refractivity contribution is 0.222. The molecule has 1 aromatic carbocycles. The van der Waals surface area contributed by atoms with E-state index in [0.29, 0.717) is 12.2 Å². The van der Waals surface area contributed by atoms with Gasteiger partial charge in [0, 0.05) is 0 Å². The van der Waals surface area contributed by atoms with Crippen LogP contribution < -0.4 is 0 Å². The van der Waals surface area contributed by atoms with Crippen LogP contribution in [0.1, 0.15) is 101 Å². The SMILES string of the molecule is FC=CCCCCC1CCC(CCC2CCC(c3ccc(F)cc3)CC2)CC1. The van der Waals surface area contributed by atoms with E-state index in [1.807, 2.05) is 12.1 Å². The molecule has 0 bridgehead atoms. The van der Waals surface area contributed by atoms with Crippen LogP contribution >= 0.6 is 0 Å². The van der Waals surface area contributed by atoms with E-state index >= 15 is 0 Å². The van der Waals surface area contributed by atoms with Gasteiger partial charge in [-0.15, -0.1) is 0 Å². The molecule has 3 rings (SSSR count). The van der Waals surface area contributed by atoms with Crippen LogP contribution in [0.25, 0.3) is 0 Å². The first-order valence-electron chi connectivity index (χ1n) is 11.7. The van der Waals surface area contributed by atoms with Crippen molar-refractivity contribution in [2.24, 2.45) is 17.8 Å². The summed E-state index contributed by atoms with van der Waals surface area (Å²) in [5.74, 6) is 3.32. The first-order chi connectivity index (χ1) is 13.7. The van der Waals surface area contributed by atoms with E-state index in [4.69, 9.17) is 0 Å². The number of hydrogen-bond acceptors (Lipinski definition) is 0. The highest BCUT2D eigenvalue weighted by molar-refractivity contribution is 5.20. The van der Waals surface area contributed by atoms with Gasteiger partial charge < -0.3 is 0 Å². The largest absolute Gasteiger partial charge is 0.216 e. The zero-order chi connectivity index (χ0) is 19.6. The molecule has 0 spiro atoms. The van der Waals surface area contributed by atoms with Crippen molar-refractivity contribution in [3.8, 4) is 0 Å². The van der Waals surface area contributed by atoms with Crippen LogP contribution in [0.3, 0.4) is 0 Å². The number of hydrogen-bond donors (Lipinski definition) is 0. The summed E-state index contributed by atoms with van der Waals surface area (Å²) in [6.07, 6.45) is 20.8. The van der Waals surface area contributed by atoms with Gasteiger partial charge in [0.2, 0.25) is 0 Å². The van der Waals surface area contributed by atoms with Crippen molar-refractivity contribution in [3.05, 3.63) is 48.1 Å². The highest BCUT2D eigenvalue weighted by Gasteiger charge is 2.25. The van der Waals surface area contributed by atoms with Crippen molar-refractivity contribution in [3.63, 3.8) is 0 Å². The molecule has 2 heteroatoms. The Morgan fingerprint density at radius 3 is 1.82 bits per heavy atom. The lowest BCUT2D eigenvalue weighted by atomic mass is 9.74. The third-order valence-electron chi connectivity index (χ3n) is 7.46. The Labute approximate surface area is 170 Å². The smallest absolute Gasteiger partial charge is 0.123 e. The van der Waals surface area contributed by atoms with E-state index in [1.54, 1.807) is 18.2 Å². The topological polar surface area (TPSA) is 0 Å². The molecule has 2 aliphatic carbocycles. The van der Waals surface area contributed by atoms with E-state index in [9.17, 15) is 8.78 Å². The standard InChI is InChI=1S/C26H38F2/c27-20-4-2-1-3-5-21-6-8-22(9-7-21)10-11-23-12-14-24(15-13-23)25-16-18-26(28)19-17-25/h4,16-24H,1-3,5-15H2. The quantitative estimate of drug-likeness (QED) is 0.371. The molecule has 1 aromatic rings. The second-order valence-corrected chi connectivity index (χ2v) is 9.38. The van der Waals surface area contributed by atoms with Gasteiger partial charge in [0.15, 0.2) is 0 Å². The maximum absolute atomic E-state index is 13.1. The zero-order valence-corrected chi connectivity index (χ0v) is 17.4. The van der Waals surface area contributed by atoms with Crippen molar-refractivity contribution in [1.82, 2.24) is 0 Å². The van der Waals surface area contributed by atoms with Gasteiger partial charge in [-0.3, -0.25) is 0 Å². The zero-order valence-electron chi connectivity index (χ0n) is 17.4. The van der Waals surface area contributed by atoms with E-state index in [2.05, 4.69) is 0 Å². The summed E-state index contributed by atoms with van der Waals surface area (Å²) < 4.78 is 25.1. The van der Waals surface area contributed by atoms with Crippen LogP contribution in [0.15, 0.2) is 36.7 Å². The molecule has 0 aliphatic heterocycles. The number of unbranched alkanes of at least 4 members (excludes halogenated alkanes) is 2. The molecule has 0 atom stereocenters. The monoisotopic (exact) mass is 388 g/mol. The lowest BCUT2D eigenvalue weighted by Gasteiger charge is -2.32. The fraction of sp³-hybridized carbons (Fsp3) is 0.692. The van der Waals surface area contributed by atoms with Crippen LogP contribution in [-0.4, -0.2) is 0 Å². The Hall–Kier alpha value is -1.18. The molecule has 156 valence electrons. The van der Waals surface area contributed by atoms with Gasteiger partial charge in [0.1, 0.15) is 5.82 Å². The highest BCUT2D eigenvalue weighted by Crippen LogP contribution is 2.40. The normalized spacial score (nSPS) is 28.6. The number of halogens is 2. The molecule has 0 unspecified atom stereocenters. The molecule has 2 aliphatic rings. The molecule has 0 aromatic heterocycles. The average molecular weight is 389 g/mol. The number of rotatable bonds is 9. The molecule has 2 fully saturated rings. The van der Waals surface area contributed by atoms with Gasteiger partial charge >= 0.3 is 0 Å². The molecule has 0 radical (unpaired) electrons. The Morgan fingerprint density at radius 2 is 1.25 bits per heavy atom. The Bertz CT molecular complexity index is 561. The molecule has 0 saturated heterocycles. The summed E-state index contributed by atoms with van der Waals surface area (Å²) in [5.41, 5.74) is 1.33. The van der Waals surface area contributed by atoms with Crippen LogP contribution in [0, 0.1) is 23.6 Å². The van der Waals surface area contributed by atoms with E-state index in [0.717, 1.165) is 30.6 Å².